The number of nitrogens with zero attached hydrogens (tertiary/aromatic N) is 2. The van der Waals surface area contributed by atoms with Crippen molar-refractivity contribution in [3.8, 4) is 11.1 Å². The highest BCUT2D eigenvalue weighted by Crippen LogP contribution is 2.37. The summed E-state index contributed by atoms with van der Waals surface area (Å²) in [7, 11) is 0. The summed E-state index contributed by atoms with van der Waals surface area (Å²) in [5.74, 6) is 1.41. The van der Waals surface area contributed by atoms with E-state index in [1.54, 1.807) is 22.9 Å². The maximum atomic E-state index is 13.9. The van der Waals surface area contributed by atoms with E-state index in [2.05, 4.69) is 54.5 Å². The first-order valence-electron chi connectivity index (χ1n) is 12.6. The molecule has 5 aromatic rings. The molecular weight excluding hydrogens is 526 g/mol. The van der Waals surface area contributed by atoms with Gasteiger partial charge in [0.15, 0.2) is 0 Å². The van der Waals surface area contributed by atoms with E-state index in [0.717, 1.165) is 49.0 Å². The lowest BCUT2D eigenvalue weighted by molar-refractivity contribution is 0.196. The number of carbonyl (C=O) groups excluding carboxylic acids is 1. The van der Waals surface area contributed by atoms with Gasteiger partial charge in [-0.2, -0.15) is 0 Å². The Kier molecular flexibility index (Phi) is 8.04. The summed E-state index contributed by atoms with van der Waals surface area (Å²) in [6.45, 7) is 6.65. The number of thioether (sulfide) groups is 2. The Labute approximate surface area is 237 Å². The SMILES string of the molecule is CSc1cc(C)nc(SC)c1NC(=O)N(Cc1ccco1)Cc1oc2ccc(C)cc2c1-c1ccc(C)cc1. The van der Waals surface area contributed by atoms with Crippen LogP contribution in [0.15, 0.2) is 85.7 Å². The lowest BCUT2D eigenvalue weighted by Crippen LogP contribution is -2.34. The van der Waals surface area contributed by atoms with Crippen molar-refractivity contribution in [1.82, 2.24) is 9.88 Å². The van der Waals surface area contributed by atoms with Gasteiger partial charge in [0.05, 0.1) is 25.0 Å². The van der Waals surface area contributed by atoms with Gasteiger partial charge in [0.25, 0.3) is 0 Å². The summed E-state index contributed by atoms with van der Waals surface area (Å²) in [5.41, 5.74) is 6.80. The van der Waals surface area contributed by atoms with Gasteiger partial charge in [-0.1, -0.05) is 41.5 Å². The summed E-state index contributed by atoms with van der Waals surface area (Å²) >= 11 is 3.10. The highest BCUT2D eigenvalue weighted by atomic mass is 32.2. The fraction of sp³-hybridized carbons (Fsp3) is 0.226. The van der Waals surface area contributed by atoms with E-state index in [4.69, 9.17) is 8.83 Å². The van der Waals surface area contributed by atoms with Crippen LogP contribution in [0.25, 0.3) is 22.1 Å². The largest absolute Gasteiger partial charge is 0.467 e. The predicted octanol–water partition coefficient (Wildman–Crippen LogP) is 8.69. The highest BCUT2D eigenvalue weighted by molar-refractivity contribution is 7.99. The fourth-order valence-electron chi connectivity index (χ4n) is 4.60. The van der Waals surface area contributed by atoms with Gasteiger partial charge >= 0.3 is 6.03 Å². The summed E-state index contributed by atoms with van der Waals surface area (Å²) in [5, 5.41) is 4.96. The Morgan fingerprint density at radius 1 is 0.949 bits per heavy atom. The third-order valence-electron chi connectivity index (χ3n) is 6.53. The van der Waals surface area contributed by atoms with Gasteiger partial charge in [0, 0.05) is 21.5 Å². The van der Waals surface area contributed by atoms with Crippen molar-refractivity contribution in [3.05, 3.63) is 95.3 Å². The number of carbonyl (C=O) groups is 1. The molecule has 3 heterocycles. The number of nitrogens with one attached hydrogen (secondary N) is 1. The minimum absolute atomic E-state index is 0.255. The van der Waals surface area contributed by atoms with Crippen LogP contribution in [0.3, 0.4) is 0 Å². The number of rotatable bonds is 8. The van der Waals surface area contributed by atoms with E-state index in [1.165, 1.54) is 17.3 Å². The molecule has 0 bridgehead atoms. The van der Waals surface area contributed by atoms with Crippen LogP contribution in [0.5, 0.6) is 0 Å². The number of furan rings is 2. The molecule has 0 atom stereocenters. The molecule has 0 saturated carbocycles. The Bertz CT molecular complexity index is 1580. The number of aryl methyl sites for hydroxylation is 3. The van der Waals surface area contributed by atoms with Crippen LogP contribution in [0, 0.1) is 20.8 Å². The number of fused-ring (bicyclic) bond motifs is 1. The van der Waals surface area contributed by atoms with E-state index >= 15 is 0 Å². The van der Waals surface area contributed by atoms with Crippen LogP contribution in [0.4, 0.5) is 10.5 Å². The first-order valence-corrected chi connectivity index (χ1v) is 15.1. The smallest absolute Gasteiger partial charge is 0.322 e. The van der Waals surface area contributed by atoms with Gasteiger partial charge in [0.1, 0.15) is 22.1 Å². The molecule has 200 valence electrons. The monoisotopic (exact) mass is 557 g/mol. The average Bonchev–Trinajstić information content (AvgIpc) is 3.56. The molecule has 0 aliphatic carbocycles. The van der Waals surface area contributed by atoms with E-state index in [-0.39, 0.29) is 19.1 Å². The number of amides is 2. The molecule has 0 aliphatic heterocycles. The molecule has 1 N–H and O–H groups in total. The molecular formula is C31H31N3O3S2. The maximum Gasteiger partial charge on any atom is 0.322 e. The van der Waals surface area contributed by atoms with Crippen LogP contribution < -0.4 is 5.32 Å². The zero-order chi connectivity index (χ0) is 27.5. The maximum absolute atomic E-state index is 13.9. The molecule has 2 aromatic carbocycles. The number of hydrogen-bond acceptors (Lipinski definition) is 6. The summed E-state index contributed by atoms with van der Waals surface area (Å²) in [6, 6.07) is 20.0. The molecule has 8 heteroatoms. The van der Waals surface area contributed by atoms with Crippen molar-refractivity contribution in [1.29, 1.82) is 0 Å². The molecule has 0 fully saturated rings. The van der Waals surface area contributed by atoms with Crippen molar-refractivity contribution in [2.75, 3.05) is 17.8 Å². The number of hydrogen-bond donors (Lipinski definition) is 1. The van der Waals surface area contributed by atoms with Crippen LogP contribution in [-0.4, -0.2) is 28.4 Å². The second-order valence-electron chi connectivity index (χ2n) is 9.48. The summed E-state index contributed by atoms with van der Waals surface area (Å²) < 4.78 is 12.1. The number of anilines is 1. The van der Waals surface area contributed by atoms with Crippen molar-refractivity contribution in [2.24, 2.45) is 0 Å². The number of aromatic nitrogens is 1. The average molecular weight is 558 g/mol. The first kappa shape index (κ1) is 27.0. The zero-order valence-corrected chi connectivity index (χ0v) is 24.3. The zero-order valence-electron chi connectivity index (χ0n) is 22.7. The standard InChI is InChI=1S/C31H31N3O3S2/c1-19-8-11-22(12-9-19)28-24-15-20(2)10-13-25(24)37-26(28)18-34(17-23-7-6-14-36-23)31(35)33-29-27(38-4)16-21(3)32-30(29)39-5/h6-16H,17-18H2,1-5H3,(H,33,35). The van der Waals surface area contributed by atoms with Gasteiger partial charge in [-0.25, -0.2) is 9.78 Å². The van der Waals surface area contributed by atoms with Gasteiger partial charge in [-0.3, -0.25) is 0 Å². The fourth-order valence-corrected chi connectivity index (χ4v) is 5.90. The Morgan fingerprint density at radius 2 is 1.72 bits per heavy atom. The summed E-state index contributed by atoms with van der Waals surface area (Å²) in [6.07, 6.45) is 5.58. The Morgan fingerprint density at radius 3 is 2.41 bits per heavy atom. The van der Waals surface area contributed by atoms with Crippen LogP contribution in [-0.2, 0) is 13.1 Å². The van der Waals surface area contributed by atoms with E-state index in [9.17, 15) is 4.79 Å². The van der Waals surface area contributed by atoms with E-state index < -0.39 is 0 Å². The first-order chi connectivity index (χ1) is 18.9. The van der Waals surface area contributed by atoms with Crippen molar-refractivity contribution in [3.63, 3.8) is 0 Å². The molecule has 0 aliphatic rings. The molecule has 0 radical (unpaired) electrons. The second kappa shape index (κ2) is 11.6. The lowest BCUT2D eigenvalue weighted by Gasteiger charge is -2.23. The quantitative estimate of drug-likeness (QED) is 0.192. The number of pyridine rings is 1. The minimum atomic E-state index is -0.255. The molecule has 2 amide bonds. The molecule has 0 unspecified atom stereocenters. The predicted molar refractivity (Wildman–Crippen MR) is 161 cm³/mol. The molecule has 0 spiro atoms. The topological polar surface area (TPSA) is 71.5 Å². The van der Waals surface area contributed by atoms with Crippen LogP contribution in [0.1, 0.15) is 28.3 Å². The van der Waals surface area contributed by atoms with Crippen molar-refractivity contribution < 1.29 is 13.6 Å². The Hall–Kier alpha value is -3.62. The third kappa shape index (κ3) is 5.87. The second-order valence-corrected chi connectivity index (χ2v) is 11.1. The van der Waals surface area contributed by atoms with Crippen LogP contribution in [0.2, 0.25) is 0 Å². The highest BCUT2D eigenvalue weighted by Gasteiger charge is 2.24. The minimum Gasteiger partial charge on any atom is -0.467 e. The van der Waals surface area contributed by atoms with Gasteiger partial charge in [-0.15, -0.1) is 23.5 Å². The number of urea groups is 1. The van der Waals surface area contributed by atoms with Gasteiger partial charge < -0.3 is 19.1 Å². The van der Waals surface area contributed by atoms with Crippen molar-refractivity contribution >= 4 is 46.2 Å². The normalized spacial score (nSPS) is 11.2. The van der Waals surface area contributed by atoms with E-state index in [1.807, 2.05) is 49.8 Å². The third-order valence-corrected chi connectivity index (χ3v) is 7.97. The Balaban J connectivity index is 1.57. The molecule has 5 rings (SSSR count). The van der Waals surface area contributed by atoms with E-state index in [0.29, 0.717) is 11.4 Å². The summed E-state index contributed by atoms with van der Waals surface area (Å²) in [4.78, 5) is 21.2. The van der Waals surface area contributed by atoms with Crippen LogP contribution >= 0.6 is 23.5 Å². The number of benzene rings is 2. The van der Waals surface area contributed by atoms with Gasteiger partial charge in [0.2, 0.25) is 0 Å². The molecule has 39 heavy (non-hydrogen) atoms. The molecule has 0 saturated heterocycles. The molecule has 3 aromatic heterocycles. The van der Waals surface area contributed by atoms with Crippen molar-refractivity contribution in [2.45, 2.75) is 43.8 Å². The lowest BCUT2D eigenvalue weighted by atomic mass is 9.99. The molecule has 6 nitrogen and oxygen atoms in total. The van der Waals surface area contributed by atoms with Gasteiger partial charge in [-0.05, 0) is 69.2 Å².